The molecule has 128 valence electrons. The third kappa shape index (κ3) is 3.67. The summed E-state index contributed by atoms with van der Waals surface area (Å²) in [4.78, 5) is 17.4. The molecule has 24 heavy (non-hydrogen) atoms. The predicted molar refractivity (Wildman–Crippen MR) is 100 cm³/mol. The lowest BCUT2D eigenvalue weighted by Gasteiger charge is -2.26. The fourth-order valence-corrected chi connectivity index (χ4v) is 4.30. The summed E-state index contributed by atoms with van der Waals surface area (Å²) < 4.78 is 0. The third-order valence-electron chi connectivity index (χ3n) is 4.15. The number of nitrogens with one attached hydrogen (secondary N) is 1. The number of benzene rings is 1. The van der Waals surface area contributed by atoms with Crippen LogP contribution in [0.5, 0.6) is 0 Å². The largest absolute Gasteiger partial charge is 0.382 e. The number of hydrogen-bond acceptors (Lipinski definition) is 6. The zero-order valence-corrected chi connectivity index (χ0v) is 15.2. The van der Waals surface area contributed by atoms with E-state index in [1.807, 2.05) is 0 Å². The normalized spacial score (nSPS) is 20.8. The van der Waals surface area contributed by atoms with Crippen molar-refractivity contribution in [3.63, 3.8) is 0 Å². The van der Waals surface area contributed by atoms with Gasteiger partial charge in [-0.3, -0.25) is 4.79 Å². The molecule has 1 aromatic carbocycles. The summed E-state index contributed by atoms with van der Waals surface area (Å²) in [5.41, 5.74) is 12.1. The smallest absolute Gasteiger partial charge is 0.209 e. The van der Waals surface area contributed by atoms with Crippen molar-refractivity contribution in [2.24, 2.45) is 5.73 Å². The third-order valence-corrected chi connectivity index (χ3v) is 5.78. The monoisotopic (exact) mass is 384 g/mol. The van der Waals surface area contributed by atoms with Crippen molar-refractivity contribution >= 4 is 51.3 Å². The summed E-state index contributed by atoms with van der Waals surface area (Å²) in [5.74, 6) is -0.115. The van der Waals surface area contributed by atoms with Crippen LogP contribution >= 0.6 is 34.5 Å². The molecular weight excluding hydrogens is 367 g/mol. The Hall–Kier alpha value is -1.34. The fraction of sp³-hybridized carbons (Fsp3) is 0.375. The average molecular weight is 385 g/mol. The first-order valence-electron chi connectivity index (χ1n) is 7.73. The first-order chi connectivity index (χ1) is 11.5. The summed E-state index contributed by atoms with van der Waals surface area (Å²) in [7, 11) is 0. The van der Waals surface area contributed by atoms with Crippen LogP contribution in [-0.4, -0.2) is 22.9 Å². The summed E-state index contributed by atoms with van der Waals surface area (Å²) in [6, 6.07) is 5.54. The molecule has 5 N–H and O–H groups in total. The quantitative estimate of drug-likeness (QED) is 0.693. The number of carbonyl (C=O) groups excluding carboxylic acids is 1. The molecule has 8 heteroatoms. The summed E-state index contributed by atoms with van der Waals surface area (Å²) >= 11 is 13.5. The van der Waals surface area contributed by atoms with Gasteiger partial charge in [0.2, 0.25) is 5.78 Å². The second-order valence-corrected chi connectivity index (χ2v) is 7.73. The molecule has 2 aromatic rings. The molecule has 1 aliphatic carbocycles. The van der Waals surface area contributed by atoms with Gasteiger partial charge in [0.1, 0.15) is 10.7 Å². The number of anilines is 2. The molecular formula is C16H18Cl2N4OS. The van der Waals surface area contributed by atoms with Crippen LogP contribution in [0.1, 0.15) is 40.9 Å². The zero-order chi connectivity index (χ0) is 17.3. The molecule has 5 nitrogen and oxygen atoms in total. The number of rotatable bonds is 4. The molecule has 0 radical (unpaired) electrons. The number of ketones is 1. The van der Waals surface area contributed by atoms with Gasteiger partial charge in [0.15, 0.2) is 5.13 Å². The van der Waals surface area contributed by atoms with Crippen molar-refractivity contribution in [3.8, 4) is 0 Å². The number of aromatic nitrogens is 1. The topological polar surface area (TPSA) is 94.0 Å². The summed E-state index contributed by atoms with van der Waals surface area (Å²) in [5, 5.41) is 4.59. The van der Waals surface area contributed by atoms with Crippen molar-refractivity contribution in [3.05, 3.63) is 38.7 Å². The maximum atomic E-state index is 12.7. The van der Waals surface area contributed by atoms with Crippen LogP contribution in [0.3, 0.4) is 0 Å². The minimum absolute atomic E-state index is 0.191. The minimum atomic E-state index is -0.306. The van der Waals surface area contributed by atoms with Crippen molar-refractivity contribution < 1.29 is 4.79 Å². The van der Waals surface area contributed by atoms with Gasteiger partial charge in [0, 0.05) is 12.1 Å². The highest BCUT2D eigenvalue weighted by Gasteiger charge is 2.24. The van der Waals surface area contributed by atoms with Crippen molar-refractivity contribution in [2.75, 3.05) is 11.1 Å². The van der Waals surface area contributed by atoms with Gasteiger partial charge in [-0.15, -0.1) is 0 Å². The minimum Gasteiger partial charge on any atom is -0.382 e. The Balaban J connectivity index is 1.80. The predicted octanol–water partition coefficient (Wildman–Crippen LogP) is 3.94. The van der Waals surface area contributed by atoms with Crippen molar-refractivity contribution in [1.29, 1.82) is 0 Å². The first-order valence-corrected chi connectivity index (χ1v) is 9.30. The number of hydrogen-bond donors (Lipinski definition) is 3. The molecule has 3 rings (SSSR count). The van der Waals surface area contributed by atoms with Crippen molar-refractivity contribution in [1.82, 2.24) is 4.98 Å². The Morgan fingerprint density at radius 1 is 1.21 bits per heavy atom. The number of nitrogen functional groups attached to an aromatic ring is 1. The number of thiazole rings is 1. The van der Waals surface area contributed by atoms with Gasteiger partial charge in [-0.1, -0.05) is 40.6 Å². The molecule has 0 unspecified atom stereocenters. The Morgan fingerprint density at radius 2 is 1.83 bits per heavy atom. The van der Waals surface area contributed by atoms with Crippen molar-refractivity contribution in [2.45, 2.75) is 37.8 Å². The van der Waals surface area contributed by atoms with Gasteiger partial charge < -0.3 is 16.8 Å². The number of halogens is 2. The van der Waals surface area contributed by atoms with Gasteiger partial charge in [0.05, 0.1) is 15.6 Å². The van der Waals surface area contributed by atoms with E-state index in [1.54, 1.807) is 18.2 Å². The van der Waals surface area contributed by atoms with Crippen LogP contribution in [0.25, 0.3) is 0 Å². The highest BCUT2D eigenvalue weighted by atomic mass is 35.5. The highest BCUT2D eigenvalue weighted by Crippen LogP contribution is 2.33. The van der Waals surface area contributed by atoms with Gasteiger partial charge in [-0.25, -0.2) is 4.98 Å². The maximum Gasteiger partial charge on any atom is 0.209 e. The lowest BCUT2D eigenvalue weighted by molar-refractivity contribution is 0.104. The molecule has 0 bridgehead atoms. The Morgan fingerprint density at radius 3 is 2.46 bits per heavy atom. The fourth-order valence-electron chi connectivity index (χ4n) is 2.82. The average Bonchev–Trinajstić information content (AvgIpc) is 2.90. The molecule has 1 saturated carbocycles. The molecule has 1 fully saturated rings. The van der Waals surface area contributed by atoms with Gasteiger partial charge >= 0.3 is 0 Å². The molecule has 1 heterocycles. The van der Waals surface area contributed by atoms with E-state index in [0.717, 1.165) is 25.7 Å². The highest BCUT2D eigenvalue weighted by molar-refractivity contribution is 7.18. The lowest BCUT2D eigenvalue weighted by atomic mass is 9.92. The Kier molecular flexibility index (Phi) is 5.30. The van der Waals surface area contributed by atoms with E-state index in [1.165, 1.54) is 11.3 Å². The standard InChI is InChI=1S/C16H18Cl2N4OS/c17-10-2-1-3-11(18)12(10)13(23)14-15(20)22-16(24-14)21-9-6-4-8(19)5-7-9/h1-3,8-9H,4-7,19-20H2,(H,21,22)/t8-,9-. The van der Waals surface area contributed by atoms with Crippen LogP contribution in [0, 0.1) is 0 Å². The molecule has 1 aromatic heterocycles. The second kappa shape index (κ2) is 7.27. The molecule has 0 saturated heterocycles. The summed E-state index contributed by atoms with van der Waals surface area (Å²) in [6.45, 7) is 0. The van der Waals surface area contributed by atoms with Gasteiger partial charge in [-0.05, 0) is 37.8 Å². The van der Waals surface area contributed by atoms with E-state index >= 15 is 0 Å². The summed E-state index contributed by atoms with van der Waals surface area (Å²) in [6.07, 6.45) is 3.94. The van der Waals surface area contributed by atoms with E-state index in [-0.39, 0.29) is 23.2 Å². The Labute approximate surface area is 154 Å². The zero-order valence-electron chi connectivity index (χ0n) is 12.9. The van der Waals surface area contributed by atoms with Crippen LogP contribution in [0.15, 0.2) is 18.2 Å². The molecule has 1 aliphatic rings. The SMILES string of the molecule is Nc1nc(N[C@H]2CC[C@H](N)CC2)sc1C(=O)c1c(Cl)cccc1Cl. The Bertz CT molecular complexity index is 736. The molecule has 0 atom stereocenters. The second-order valence-electron chi connectivity index (χ2n) is 5.92. The molecule has 0 aliphatic heterocycles. The van der Waals surface area contributed by atoms with Crippen LogP contribution in [-0.2, 0) is 0 Å². The van der Waals surface area contributed by atoms with E-state index in [9.17, 15) is 4.79 Å². The number of carbonyl (C=O) groups is 1. The molecule has 0 amide bonds. The first kappa shape index (κ1) is 17.5. The maximum absolute atomic E-state index is 12.7. The van der Waals surface area contributed by atoms with Crippen LogP contribution in [0.2, 0.25) is 10.0 Å². The van der Waals surface area contributed by atoms with E-state index in [2.05, 4.69) is 10.3 Å². The van der Waals surface area contributed by atoms with Crippen LogP contribution in [0.4, 0.5) is 10.9 Å². The van der Waals surface area contributed by atoms with E-state index < -0.39 is 0 Å². The van der Waals surface area contributed by atoms with E-state index in [0.29, 0.717) is 26.1 Å². The van der Waals surface area contributed by atoms with Gasteiger partial charge in [0.25, 0.3) is 0 Å². The number of nitrogens with zero attached hydrogens (tertiary/aromatic N) is 1. The van der Waals surface area contributed by atoms with E-state index in [4.69, 9.17) is 34.7 Å². The molecule has 0 spiro atoms. The van der Waals surface area contributed by atoms with Crippen LogP contribution < -0.4 is 16.8 Å². The number of nitrogens with two attached hydrogens (primary N) is 2. The van der Waals surface area contributed by atoms with Gasteiger partial charge in [-0.2, -0.15) is 0 Å². The lowest BCUT2D eigenvalue weighted by Crippen LogP contribution is -2.32.